The number of primary amides is 1. The summed E-state index contributed by atoms with van der Waals surface area (Å²) in [6.07, 6.45) is 5.28. The minimum Gasteiger partial charge on any atom is -0.369 e. The van der Waals surface area contributed by atoms with Gasteiger partial charge in [0.15, 0.2) is 0 Å². The number of allylic oxidation sites excluding steroid dienone is 1. The predicted molar refractivity (Wildman–Crippen MR) is 43.7 cm³/mol. The van der Waals surface area contributed by atoms with Crippen LogP contribution in [0.25, 0.3) is 0 Å². The minimum atomic E-state index is -0.291. The highest BCUT2D eigenvalue weighted by Gasteiger charge is 2.20. The summed E-state index contributed by atoms with van der Waals surface area (Å²) in [4.78, 5) is 10.8. The van der Waals surface area contributed by atoms with Gasteiger partial charge < -0.3 is 11.5 Å². The molecule has 0 spiro atoms. The number of carbonyl (C=O) groups is 1. The van der Waals surface area contributed by atoms with Gasteiger partial charge in [0.25, 0.3) is 0 Å². The summed E-state index contributed by atoms with van der Waals surface area (Å²) in [5.74, 6) is -0.502. The average molecular weight is 154 g/mol. The second kappa shape index (κ2) is 3.53. The van der Waals surface area contributed by atoms with Gasteiger partial charge in [0, 0.05) is 6.54 Å². The van der Waals surface area contributed by atoms with Gasteiger partial charge in [-0.3, -0.25) is 4.79 Å². The molecule has 0 radical (unpaired) electrons. The van der Waals surface area contributed by atoms with Crippen molar-refractivity contribution in [2.75, 3.05) is 6.54 Å². The van der Waals surface area contributed by atoms with E-state index in [0.29, 0.717) is 6.54 Å². The molecule has 0 aliphatic heterocycles. The fourth-order valence-electron chi connectivity index (χ4n) is 1.46. The highest BCUT2D eigenvalue weighted by molar-refractivity contribution is 5.80. The lowest BCUT2D eigenvalue weighted by atomic mass is 9.98. The average Bonchev–Trinajstić information content (AvgIpc) is 2.40. The van der Waals surface area contributed by atoms with E-state index in [9.17, 15) is 4.79 Å². The molecule has 3 nitrogen and oxygen atoms in total. The molecule has 0 aromatic carbocycles. The maximum atomic E-state index is 10.8. The van der Waals surface area contributed by atoms with Gasteiger partial charge in [-0.05, 0) is 19.3 Å². The molecule has 1 atom stereocenters. The minimum absolute atomic E-state index is 0.211. The predicted octanol–water partition coefficient (Wildman–Crippen LogP) is 0.157. The largest absolute Gasteiger partial charge is 0.369 e. The van der Waals surface area contributed by atoms with Crippen LogP contribution in [-0.4, -0.2) is 12.5 Å². The fourth-order valence-corrected chi connectivity index (χ4v) is 1.46. The van der Waals surface area contributed by atoms with Gasteiger partial charge in [-0.2, -0.15) is 0 Å². The van der Waals surface area contributed by atoms with Crippen molar-refractivity contribution < 1.29 is 4.79 Å². The van der Waals surface area contributed by atoms with Crippen LogP contribution in [0.4, 0.5) is 0 Å². The molecular weight excluding hydrogens is 140 g/mol. The molecule has 62 valence electrons. The topological polar surface area (TPSA) is 69.1 Å². The zero-order valence-corrected chi connectivity index (χ0v) is 6.55. The molecule has 0 aromatic rings. The van der Waals surface area contributed by atoms with Crippen LogP contribution in [0.1, 0.15) is 19.3 Å². The molecule has 0 saturated heterocycles. The van der Waals surface area contributed by atoms with Gasteiger partial charge in [0.2, 0.25) is 5.91 Å². The Morgan fingerprint density at radius 2 is 2.45 bits per heavy atom. The maximum absolute atomic E-state index is 10.8. The van der Waals surface area contributed by atoms with Crippen molar-refractivity contribution in [3.05, 3.63) is 11.6 Å². The monoisotopic (exact) mass is 154 g/mol. The van der Waals surface area contributed by atoms with E-state index in [1.807, 2.05) is 0 Å². The Morgan fingerprint density at radius 1 is 1.73 bits per heavy atom. The molecule has 0 fully saturated rings. The Kier molecular flexibility index (Phi) is 2.65. The standard InChI is InChI=1S/C8H14N2O/c9-5-7(8(10)11)6-3-1-2-4-6/h3,7H,1-2,4-5,9H2,(H2,10,11). The van der Waals surface area contributed by atoms with E-state index in [1.54, 1.807) is 0 Å². The molecule has 1 amide bonds. The fraction of sp³-hybridized carbons (Fsp3) is 0.625. The van der Waals surface area contributed by atoms with Crippen molar-refractivity contribution >= 4 is 5.91 Å². The van der Waals surface area contributed by atoms with Crippen molar-refractivity contribution in [2.24, 2.45) is 17.4 Å². The molecule has 0 bridgehead atoms. The van der Waals surface area contributed by atoms with Crippen molar-refractivity contribution in [1.82, 2.24) is 0 Å². The quantitative estimate of drug-likeness (QED) is 0.568. The van der Waals surface area contributed by atoms with Gasteiger partial charge in [-0.1, -0.05) is 11.6 Å². The lowest BCUT2D eigenvalue weighted by Crippen LogP contribution is -2.30. The van der Waals surface area contributed by atoms with Crippen molar-refractivity contribution in [1.29, 1.82) is 0 Å². The van der Waals surface area contributed by atoms with Crippen LogP contribution in [0.2, 0.25) is 0 Å². The SMILES string of the molecule is NCC(C(N)=O)C1=CCCC1. The molecule has 11 heavy (non-hydrogen) atoms. The Bertz CT molecular complexity index is 187. The summed E-state index contributed by atoms with van der Waals surface area (Å²) in [6, 6.07) is 0. The zero-order valence-electron chi connectivity index (χ0n) is 6.55. The first kappa shape index (κ1) is 8.27. The lowest BCUT2D eigenvalue weighted by Gasteiger charge is -2.10. The van der Waals surface area contributed by atoms with Crippen LogP contribution in [0, 0.1) is 5.92 Å². The third-order valence-electron chi connectivity index (χ3n) is 2.10. The summed E-state index contributed by atoms with van der Waals surface area (Å²) in [7, 11) is 0. The van der Waals surface area contributed by atoms with Gasteiger partial charge in [0.1, 0.15) is 0 Å². The van der Waals surface area contributed by atoms with Crippen molar-refractivity contribution in [2.45, 2.75) is 19.3 Å². The molecule has 1 rings (SSSR count). The van der Waals surface area contributed by atoms with Gasteiger partial charge in [0.05, 0.1) is 5.92 Å². The van der Waals surface area contributed by atoms with Gasteiger partial charge in [-0.15, -0.1) is 0 Å². The zero-order chi connectivity index (χ0) is 8.27. The molecule has 1 aliphatic carbocycles. The van der Waals surface area contributed by atoms with E-state index in [4.69, 9.17) is 11.5 Å². The number of rotatable bonds is 3. The Hall–Kier alpha value is -0.830. The van der Waals surface area contributed by atoms with Crippen LogP contribution < -0.4 is 11.5 Å². The van der Waals surface area contributed by atoms with Crippen LogP contribution in [-0.2, 0) is 4.79 Å². The third-order valence-corrected chi connectivity index (χ3v) is 2.10. The van der Waals surface area contributed by atoms with E-state index in [2.05, 4.69) is 6.08 Å². The first-order valence-electron chi connectivity index (χ1n) is 3.94. The molecule has 0 aromatic heterocycles. The van der Waals surface area contributed by atoms with Crippen LogP contribution in [0.3, 0.4) is 0 Å². The molecule has 4 N–H and O–H groups in total. The molecular formula is C8H14N2O. The molecule has 3 heteroatoms. The number of amides is 1. The van der Waals surface area contributed by atoms with E-state index in [1.165, 1.54) is 0 Å². The van der Waals surface area contributed by atoms with E-state index in [-0.39, 0.29) is 11.8 Å². The summed E-state index contributed by atoms with van der Waals surface area (Å²) >= 11 is 0. The Labute approximate surface area is 66.4 Å². The van der Waals surface area contributed by atoms with Crippen LogP contribution in [0.5, 0.6) is 0 Å². The maximum Gasteiger partial charge on any atom is 0.225 e. The molecule has 0 heterocycles. The Morgan fingerprint density at radius 3 is 2.82 bits per heavy atom. The smallest absolute Gasteiger partial charge is 0.225 e. The Balaban J connectivity index is 2.61. The third kappa shape index (κ3) is 1.80. The van der Waals surface area contributed by atoms with Crippen LogP contribution >= 0.6 is 0 Å². The molecule has 0 saturated carbocycles. The van der Waals surface area contributed by atoms with Gasteiger partial charge >= 0.3 is 0 Å². The van der Waals surface area contributed by atoms with Crippen molar-refractivity contribution in [3.63, 3.8) is 0 Å². The van der Waals surface area contributed by atoms with Gasteiger partial charge in [-0.25, -0.2) is 0 Å². The first-order valence-corrected chi connectivity index (χ1v) is 3.94. The summed E-state index contributed by atoms with van der Waals surface area (Å²) in [5, 5.41) is 0. The van der Waals surface area contributed by atoms with Crippen molar-refractivity contribution in [3.8, 4) is 0 Å². The number of nitrogens with two attached hydrogens (primary N) is 2. The summed E-state index contributed by atoms with van der Waals surface area (Å²) in [6.45, 7) is 0.348. The lowest BCUT2D eigenvalue weighted by molar-refractivity contribution is -0.120. The first-order chi connectivity index (χ1) is 5.25. The summed E-state index contributed by atoms with van der Waals surface area (Å²) < 4.78 is 0. The number of carbonyl (C=O) groups excluding carboxylic acids is 1. The normalized spacial score (nSPS) is 19.5. The second-order valence-electron chi connectivity index (χ2n) is 2.86. The van der Waals surface area contributed by atoms with E-state index < -0.39 is 0 Å². The number of hydrogen-bond acceptors (Lipinski definition) is 2. The molecule has 1 aliphatic rings. The van der Waals surface area contributed by atoms with E-state index >= 15 is 0 Å². The molecule has 1 unspecified atom stereocenters. The highest BCUT2D eigenvalue weighted by Crippen LogP contribution is 2.24. The second-order valence-corrected chi connectivity index (χ2v) is 2.86. The highest BCUT2D eigenvalue weighted by atomic mass is 16.1. The van der Waals surface area contributed by atoms with Crippen LogP contribution in [0.15, 0.2) is 11.6 Å². The number of hydrogen-bond donors (Lipinski definition) is 2. The van der Waals surface area contributed by atoms with E-state index in [0.717, 1.165) is 24.8 Å². The summed E-state index contributed by atoms with van der Waals surface area (Å²) in [5.41, 5.74) is 11.7.